The molecule has 3 rings (SSSR count). The number of benzene rings is 1. The fourth-order valence-corrected chi connectivity index (χ4v) is 2.00. The summed E-state index contributed by atoms with van der Waals surface area (Å²) in [5.74, 6) is 0.0506. The second-order valence-corrected chi connectivity index (χ2v) is 4.13. The molecule has 0 spiro atoms. The van der Waals surface area contributed by atoms with Gasteiger partial charge in [0.2, 0.25) is 5.78 Å². The van der Waals surface area contributed by atoms with Gasteiger partial charge in [0, 0.05) is 23.1 Å². The third kappa shape index (κ3) is 1.56. The van der Waals surface area contributed by atoms with Crippen molar-refractivity contribution < 1.29 is 4.79 Å². The standard InChI is InChI=1S/C14H12N2O/c1-9-6-7-15-12(9)8-13-14(17)10-4-2-3-5-11(10)16-13/h2-8,15-16H,1H3. The lowest BCUT2D eigenvalue weighted by molar-refractivity contribution is 0.104. The second-order valence-electron chi connectivity index (χ2n) is 4.13. The maximum atomic E-state index is 12.1. The summed E-state index contributed by atoms with van der Waals surface area (Å²) < 4.78 is 0. The zero-order valence-corrected chi connectivity index (χ0v) is 9.45. The van der Waals surface area contributed by atoms with E-state index in [2.05, 4.69) is 10.3 Å². The number of H-pyrrole nitrogens is 1. The van der Waals surface area contributed by atoms with E-state index in [0.717, 1.165) is 22.5 Å². The Balaban J connectivity index is 2.02. The Bertz CT molecular complexity index is 623. The summed E-state index contributed by atoms with van der Waals surface area (Å²) in [6, 6.07) is 9.53. The summed E-state index contributed by atoms with van der Waals surface area (Å²) >= 11 is 0. The van der Waals surface area contributed by atoms with Gasteiger partial charge in [-0.1, -0.05) is 12.1 Å². The Hall–Kier alpha value is -2.29. The molecule has 0 saturated carbocycles. The van der Waals surface area contributed by atoms with Crippen LogP contribution in [0.15, 0.2) is 42.2 Å². The number of allylic oxidation sites excluding steroid dienone is 1. The van der Waals surface area contributed by atoms with Crippen molar-refractivity contribution in [2.75, 3.05) is 5.32 Å². The number of rotatable bonds is 1. The van der Waals surface area contributed by atoms with Crippen molar-refractivity contribution in [1.82, 2.24) is 4.98 Å². The van der Waals surface area contributed by atoms with Crippen LogP contribution in [0.1, 0.15) is 21.6 Å². The number of aromatic nitrogens is 1. The molecule has 1 aromatic carbocycles. The van der Waals surface area contributed by atoms with E-state index < -0.39 is 0 Å². The van der Waals surface area contributed by atoms with Gasteiger partial charge in [-0.3, -0.25) is 4.79 Å². The lowest BCUT2D eigenvalue weighted by Gasteiger charge is -1.98. The number of aromatic amines is 1. The molecule has 0 bridgehead atoms. The molecule has 0 saturated heterocycles. The maximum absolute atomic E-state index is 12.1. The number of ketones is 1. The van der Waals surface area contributed by atoms with Crippen molar-refractivity contribution in [2.24, 2.45) is 0 Å². The molecule has 17 heavy (non-hydrogen) atoms. The largest absolute Gasteiger partial charge is 0.361 e. The van der Waals surface area contributed by atoms with Crippen LogP contribution in [0.4, 0.5) is 5.69 Å². The third-order valence-electron chi connectivity index (χ3n) is 2.97. The molecule has 3 heteroatoms. The topological polar surface area (TPSA) is 44.9 Å². The van der Waals surface area contributed by atoms with E-state index in [1.54, 1.807) is 0 Å². The highest BCUT2D eigenvalue weighted by Gasteiger charge is 2.23. The number of Topliss-reactive ketones (excluding diaryl/α,β-unsaturated/α-hetero) is 1. The highest BCUT2D eigenvalue weighted by Crippen LogP contribution is 2.28. The van der Waals surface area contributed by atoms with E-state index in [9.17, 15) is 4.79 Å². The molecule has 2 heterocycles. The normalized spacial score (nSPS) is 16.1. The average molecular weight is 224 g/mol. The van der Waals surface area contributed by atoms with Gasteiger partial charge < -0.3 is 10.3 Å². The molecular weight excluding hydrogens is 212 g/mol. The molecule has 0 aliphatic carbocycles. The van der Waals surface area contributed by atoms with Gasteiger partial charge in [-0.2, -0.15) is 0 Å². The molecular formula is C14H12N2O. The van der Waals surface area contributed by atoms with Crippen LogP contribution in [0.3, 0.4) is 0 Å². The minimum Gasteiger partial charge on any atom is -0.361 e. The van der Waals surface area contributed by atoms with E-state index in [0.29, 0.717) is 5.70 Å². The van der Waals surface area contributed by atoms with Crippen molar-refractivity contribution in [3.63, 3.8) is 0 Å². The smallest absolute Gasteiger partial charge is 0.211 e. The quantitative estimate of drug-likeness (QED) is 0.731. The summed E-state index contributed by atoms with van der Waals surface area (Å²) in [4.78, 5) is 15.2. The number of para-hydroxylation sites is 1. The lowest BCUT2D eigenvalue weighted by Crippen LogP contribution is -2.00. The van der Waals surface area contributed by atoms with Gasteiger partial charge >= 0.3 is 0 Å². The number of aryl methyl sites for hydroxylation is 1. The van der Waals surface area contributed by atoms with Crippen molar-refractivity contribution >= 4 is 17.5 Å². The maximum Gasteiger partial charge on any atom is 0.211 e. The van der Waals surface area contributed by atoms with E-state index in [4.69, 9.17) is 0 Å². The summed E-state index contributed by atoms with van der Waals surface area (Å²) in [6.07, 6.45) is 3.73. The summed E-state index contributed by atoms with van der Waals surface area (Å²) in [5.41, 5.74) is 4.34. The van der Waals surface area contributed by atoms with Crippen LogP contribution < -0.4 is 5.32 Å². The third-order valence-corrected chi connectivity index (χ3v) is 2.97. The molecule has 0 atom stereocenters. The first kappa shape index (κ1) is 9.90. The van der Waals surface area contributed by atoms with Gasteiger partial charge in [0.25, 0.3) is 0 Å². The molecule has 0 fully saturated rings. The number of anilines is 1. The molecule has 2 N–H and O–H groups in total. The van der Waals surface area contributed by atoms with Crippen LogP contribution in [0.25, 0.3) is 6.08 Å². The number of hydrogen-bond acceptors (Lipinski definition) is 2. The first-order chi connectivity index (χ1) is 8.25. The number of nitrogens with one attached hydrogen (secondary N) is 2. The van der Waals surface area contributed by atoms with Gasteiger partial charge in [0.15, 0.2) is 0 Å². The van der Waals surface area contributed by atoms with Crippen LogP contribution in [-0.4, -0.2) is 10.8 Å². The lowest BCUT2D eigenvalue weighted by atomic mass is 10.1. The van der Waals surface area contributed by atoms with Crippen LogP contribution in [0.5, 0.6) is 0 Å². The van der Waals surface area contributed by atoms with Crippen LogP contribution in [-0.2, 0) is 0 Å². The highest BCUT2D eigenvalue weighted by atomic mass is 16.1. The Morgan fingerprint density at radius 3 is 2.71 bits per heavy atom. The number of fused-ring (bicyclic) bond motifs is 1. The van der Waals surface area contributed by atoms with Gasteiger partial charge in [-0.15, -0.1) is 0 Å². The van der Waals surface area contributed by atoms with Gasteiger partial charge in [-0.25, -0.2) is 0 Å². The van der Waals surface area contributed by atoms with Crippen molar-refractivity contribution in [2.45, 2.75) is 6.92 Å². The SMILES string of the molecule is Cc1cc[nH]c1C=C1Nc2ccccc2C1=O. The minimum absolute atomic E-state index is 0.0506. The Labute approximate surface area is 99.2 Å². The zero-order chi connectivity index (χ0) is 11.8. The van der Waals surface area contributed by atoms with E-state index in [1.807, 2.05) is 49.5 Å². The second kappa shape index (κ2) is 3.63. The van der Waals surface area contributed by atoms with Crippen LogP contribution in [0, 0.1) is 6.92 Å². The van der Waals surface area contributed by atoms with Gasteiger partial charge in [0.05, 0.1) is 5.70 Å². The molecule has 1 aromatic heterocycles. The minimum atomic E-state index is 0.0506. The van der Waals surface area contributed by atoms with Crippen LogP contribution >= 0.6 is 0 Å². The predicted molar refractivity (Wildman–Crippen MR) is 67.9 cm³/mol. The summed E-state index contributed by atoms with van der Waals surface area (Å²) in [7, 11) is 0. The molecule has 84 valence electrons. The average Bonchev–Trinajstić information content (AvgIpc) is 2.87. The van der Waals surface area contributed by atoms with Crippen molar-refractivity contribution in [1.29, 1.82) is 0 Å². The molecule has 2 aromatic rings. The van der Waals surface area contributed by atoms with Gasteiger partial charge in [-0.05, 0) is 36.8 Å². The number of carbonyl (C=O) groups excluding carboxylic acids is 1. The predicted octanol–water partition coefficient (Wildman–Crippen LogP) is 2.97. The number of carbonyl (C=O) groups is 1. The molecule has 0 radical (unpaired) electrons. The monoisotopic (exact) mass is 224 g/mol. The Morgan fingerprint density at radius 2 is 2.00 bits per heavy atom. The molecule has 1 aliphatic heterocycles. The molecule has 0 unspecified atom stereocenters. The summed E-state index contributed by atoms with van der Waals surface area (Å²) in [6.45, 7) is 2.01. The van der Waals surface area contributed by atoms with Crippen molar-refractivity contribution in [3.8, 4) is 0 Å². The van der Waals surface area contributed by atoms with Crippen molar-refractivity contribution in [3.05, 3.63) is 59.0 Å². The highest BCUT2D eigenvalue weighted by molar-refractivity contribution is 6.20. The summed E-state index contributed by atoms with van der Waals surface area (Å²) in [5, 5.41) is 3.14. The molecule has 0 amide bonds. The number of hydrogen-bond donors (Lipinski definition) is 2. The fourth-order valence-electron chi connectivity index (χ4n) is 2.00. The Kier molecular flexibility index (Phi) is 2.11. The zero-order valence-electron chi connectivity index (χ0n) is 9.45. The van der Waals surface area contributed by atoms with Crippen LogP contribution in [0.2, 0.25) is 0 Å². The first-order valence-electron chi connectivity index (χ1n) is 5.52. The molecule has 3 nitrogen and oxygen atoms in total. The molecule has 1 aliphatic rings. The first-order valence-corrected chi connectivity index (χ1v) is 5.52. The fraction of sp³-hybridized carbons (Fsp3) is 0.0714. The Morgan fingerprint density at radius 1 is 1.18 bits per heavy atom. The van der Waals surface area contributed by atoms with Gasteiger partial charge in [0.1, 0.15) is 0 Å². The van der Waals surface area contributed by atoms with E-state index in [1.165, 1.54) is 0 Å². The van der Waals surface area contributed by atoms with E-state index >= 15 is 0 Å². The van der Waals surface area contributed by atoms with E-state index in [-0.39, 0.29) is 5.78 Å².